The summed E-state index contributed by atoms with van der Waals surface area (Å²) in [6, 6.07) is 7.86. The van der Waals surface area contributed by atoms with E-state index in [1.54, 1.807) is 0 Å². The van der Waals surface area contributed by atoms with Crippen molar-refractivity contribution >= 4 is 6.08 Å². The normalized spacial score (nSPS) is 25.7. The highest BCUT2D eigenvalue weighted by Gasteiger charge is 2.14. The number of rotatable bonds is 1. The van der Waals surface area contributed by atoms with Gasteiger partial charge in [0.25, 0.3) is 0 Å². The molecule has 13 heavy (non-hydrogen) atoms. The van der Waals surface area contributed by atoms with Crippen LogP contribution in [-0.4, -0.2) is 0 Å². The van der Waals surface area contributed by atoms with Crippen LogP contribution in [0.15, 0.2) is 30.3 Å². The zero-order valence-corrected chi connectivity index (χ0v) is 7.73. The summed E-state index contributed by atoms with van der Waals surface area (Å²) in [6.45, 7) is 2.06. The smallest absolute Gasteiger partial charge is 0.0238 e. The lowest BCUT2D eigenvalue weighted by Crippen LogP contribution is -2.26. The molecule has 1 aliphatic rings. The minimum Gasteiger partial charge on any atom is -0.848 e. The van der Waals surface area contributed by atoms with Crippen LogP contribution in [-0.2, 0) is 0 Å². The van der Waals surface area contributed by atoms with E-state index in [0.717, 1.165) is 17.5 Å². The van der Waals surface area contributed by atoms with E-state index in [0.29, 0.717) is 0 Å². The Balaban J connectivity index is 2.42. The van der Waals surface area contributed by atoms with E-state index in [2.05, 4.69) is 13.0 Å². The second-order valence-corrected chi connectivity index (χ2v) is 3.48. The van der Waals surface area contributed by atoms with Gasteiger partial charge in [-0.2, -0.15) is 0 Å². The molecule has 1 aliphatic carbocycles. The van der Waals surface area contributed by atoms with E-state index in [-0.39, 0.29) is 5.92 Å². The Bertz CT molecular complexity index is 328. The van der Waals surface area contributed by atoms with Gasteiger partial charge in [-0.05, 0) is 11.5 Å². The van der Waals surface area contributed by atoms with Crippen LogP contribution >= 0.6 is 0 Å². The fourth-order valence-corrected chi connectivity index (χ4v) is 1.83. The van der Waals surface area contributed by atoms with Crippen molar-refractivity contribution < 1.29 is 5.11 Å². The van der Waals surface area contributed by atoms with E-state index >= 15 is 0 Å². The SMILES string of the molecule is CC[C@H]1C=Cc2ccccc2[C@H]1[O-]. The number of hydrogen-bond acceptors (Lipinski definition) is 1. The number of benzene rings is 1. The first-order valence-electron chi connectivity index (χ1n) is 4.76. The predicted molar refractivity (Wildman–Crippen MR) is 52.0 cm³/mol. The molecular formula is C12H13O-. The highest BCUT2D eigenvalue weighted by Crippen LogP contribution is 2.31. The first-order valence-corrected chi connectivity index (χ1v) is 4.76. The minimum atomic E-state index is -0.564. The van der Waals surface area contributed by atoms with Crippen molar-refractivity contribution in [1.82, 2.24) is 0 Å². The molecule has 0 N–H and O–H groups in total. The molecule has 0 heterocycles. The summed E-state index contributed by atoms with van der Waals surface area (Å²) in [7, 11) is 0. The molecule has 1 aromatic rings. The van der Waals surface area contributed by atoms with E-state index in [9.17, 15) is 5.11 Å². The van der Waals surface area contributed by atoms with Crippen molar-refractivity contribution in [3.63, 3.8) is 0 Å². The minimum absolute atomic E-state index is 0.176. The Morgan fingerprint density at radius 1 is 1.31 bits per heavy atom. The Morgan fingerprint density at radius 2 is 2.08 bits per heavy atom. The van der Waals surface area contributed by atoms with E-state index in [1.165, 1.54) is 0 Å². The van der Waals surface area contributed by atoms with Crippen molar-refractivity contribution in [1.29, 1.82) is 0 Å². The second-order valence-electron chi connectivity index (χ2n) is 3.48. The number of fused-ring (bicyclic) bond motifs is 1. The summed E-state index contributed by atoms with van der Waals surface area (Å²) in [4.78, 5) is 0. The molecule has 0 amide bonds. The van der Waals surface area contributed by atoms with Gasteiger partial charge >= 0.3 is 0 Å². The van der Waals surface area contributed by atoms with Crippen molar-refractivity contribution in [3.05, 3.63) is 41.5 Å². The zero-order valence-electron chi connectivity index (χ0n) is 7.73. The Morgan fingerprint density at radius 3 is 2.85 bits per heavy atom. The maximum Gasteiger partial charge on any atom is -0.0238 e. The van der Waals surface area contributed by atoms with Crippen molar-refractivity contribution in [3.8, 4) is 0 Å². The van der Waals surface area contributed by atoms with Gasteiger partial charge in [-0.1, -0.05) is 61.4 Å². The lowest BCUT2D eigenvalue weighted by Gasteiger charge is -2.34. The molecule has 2 rings (SSSR count). The molecule has 0 fully saturated rings. The fourth-order valence-electron chi connectivity index (χ4n) is 1.83. The molecule has 1 nitrogen and oxygen atoms in total. The molecule has 0 aromatic heterocycles. The first kappa shape index (κ1) is 8.52. The van der Waals surface area contributed by atoms with Crippen LogP contribution in [0.3, 0.4) is 0 Å². The third-order valence-electron chi connectivity index (χ3n) is 2.69. The molecule has 0 unspecified atom stereocenters. The average molecular weight is 173 g/mol. The van der Waals surface area contributed by atoms with Gasteiger partial charge in [0, 0.05) is 0 Å². The third kappa shape index (κ3) is 1.40. The summed E-state index contributed by atoms with van der Waals surface area (Å²) in [5.41, 5.74) is 2.05. The molecule has 0 saturated carbocycles. The van der Waals surface area contributed by atoms with Gasteiger partial charge in [-0.25, -0.2) is 0 Å². The van der Waals surface area contributed by atoms with E-state index in [4.69, 9.17) is 0 Å². The van der Waals surface area contributed by atoms with E-state index in [1.807, 2.05) is 30.3 Å². The van der Waals surface area contributed by atoms with Gasteiger partial charge in [-0.3, -0.25) is 0 Å². The lowest BCUT2D eigenvalue weighted by molar-refractivity contribution is -0.437. The van der Waals surface area contributed by atoms with Crippen molar-refractivity contribution in [2.75, 3.05) is 0 Å². The fraction of sp³-hybridized carbons (Fsp3) is 0.333. The topological polar surface area (TPSA) is 23.1 Å². The summed E-state index contributed by atoms with van der Waals surface area (Å²) in [5, 5.41) is 11.9. The first-order chi connectivity index (χ1) is 6.33. The Kier molecular flexibility index (Phi) is 2.19. The van der Waals surface area contributed by atoms with Gasteiger partial charge in [0.1, 0.15) is 0 Å². The molecular weight excluding hydrogens is 160 g/mol. The second kappa shape index (κ2) is 3.35. The molecule has 0 bridgehead atoms. The van der Waals surface area contributed by atoms with Crippen LogP contribution < -0.4 is 5.11 Å². The number of hydrogen-bond donors (Lipinski definition) is 0. The molecule has 0 spiro atoms. The monoisotopic (exact) mass is 173 g/mol. The third-order valence-corrected chi connectivity index (χ3v) is 2.69. The molecule has 1 aromatic carbocycles. The maximum atomic E-state index is 11.9. The van der Waals surface area contributed by atoms with Gasteiger partial charge in [0.2, 0.25) is 0 Å². The van der Waals surface area contributed by atoms with Crippen LogP contribution in [0.4, 0.5) is 0 Å². The maximum absolute atomic E-state index is 11.9. The van der Waals surface area contributed by atoms with Crippen LogP contribution in [0.2, 0.25) is 0 Å². The van der Waals surface area contributed by atoms with Gasteiger partial charge in [0.05, 0.1) is 0 Å². The highest BCUT2D eigenvalue weighted by molar-refractivity contribution is 5.57. The summed E-state index contributed by atoms with van der Waals surface area (Å²) >= 11 is 0. The van der Waals surface area contributed by atoms with Crippen molar-refractivity contribution in [2.45, 2.75) is 19.4 Å². The molecule has 0 aliphatic heterocycles. The van der Waals surface area contributed by atoms with Crippen LogP contribution in [0.1, 0.15) is 30.6 Å². The van der Waals surface area contributed by atoms with Gasteiger partial charge in [0.15, 0.2) is 0 Å². The zero-order chi connectivity index (χ0) is 9.26. The summed E-state index contributed by atoms with van der Waals surface area (Å²) in [5.74, 6) is 0.176. The van der Waals surface area contributed by atoms with Gasteiger partial charge in [-0.15, -0.1) is 0 Å². The highest BCUT2D eigenvalue weighted by atomic mass is 16.3. The molecule has 0 saturated heterocycles. The quantitative estimate of drug-likeness (QED) is 0.638. The Hall–Kier alpha value is -1.08. The van der Waals surface area contributed by atoms with E-state index < -0.39 is 6.10 Å². The van der Waals surface area contributed by atoms with Crippen LogP contribution in [0.25, 0.3) is 6.08 Å². The van der Waals surface area contributed by atoms with Crippen molar-refractivity contribution in [2.24, 2.45) is 5.92 Å². The van der Waals surface area contributed by atoms with Crippen LogP contribution in [0.5, 0.6) is 0 Å². The van der Waals surface area contributed by atoms with Gasteiger partial charge < -0.3 is 5.11 Å². The standard InChI is InChI=1S/C12H13O/c1-2-9-7-8-10-5-3-4-6-11(10)12(9)13/h3-9,12H,2H2,1H3/q-1/t9-,12-/m0/s1. The largest absolute Gasteiger partial charge is 0.848 e. The Labute approximate surface area is 78.7 Å². The summed E-state index contributed by atoms with van der Waals surface area (Å²) < 4.78 is 0. The molecule has 1 heteroatoms. The molecule has 2 atom stereocenters. The molecule has 0 radical (unpaired) electrons. The average Bonchev–Trinajstić information content (AvgIpc) is 2.19. The van der Waals surface area contributed by atoms with Crippen LogP contribution in [0, 0.1) is 5.92 Å². The predicted octanol–water partition coefficient (Wildman–Crippen LogP) is 2.14. The molecule has 68 valence electrons. The lowest BCUT2D eigenvalue weighted by atomic mass is 9.85. The summed E-state index contributed by atoms with van der Waals surface area (Å²) in [6.07, 6.45) is 4.47.